The fourth-order valence-corrected chi connectivity index (χ4v) is 3.50. The quantitative estimate of drug-likeness (QED) is 0.835. The van der Waals surface area contributed by atoms with Crippen LogP contribution in [-0.2, 0) is 16.4 Å². The predicted molar refractivity (Wildman–Crippen MR) is 83.7 cm³/mol. The van der Waals surface area contributed by atoms with Crippen molar-refractivity contribution < 1.29 is 8.42 Å². The first-order valence-electron chi connectivity index (χ1n) is 6.96. The number of rotatable bonds is 6. The van der Waals surface area contributed by atoms with Gasteiger partial charge < -0.3 is 0 Å². The van der Waals surface area contributed by atoms with Crippen LogP contribution in [0.3, 0.4) is 0 Å². The molecule has 4 nitrogen and oxygen atoms in total. The molecule has 0 aliphatic carbocycles. The van der Waals surface area contributed by atoms with E-state index in [0.29, 0.717) is 11.4 Å². The summed E-state index contributed by atoms with van der Waals surface area (Å²) < 4.78 is 27.1. The minimum absolute atomic E-state index is 0.353. The molecule has 1 aromatic carbocycles. The largest absolute Gasteiger partial charge is 0.261 e. The average Bonchev–Trinajstić information content (AvgIpc) is 2.44. The molecule has 112 valence electrons. The zero-order valence-electron chi connectivity index (χ0n) is 12.3. The average molecular weight is 304 g/mol. The molecule has 0 fully saturated rings. The summed E-state index contributed by atoms with van der Waals surface area (Å²) in [7, 11) is -3.43. The third-order valence-corrected chi connectivity index (χ3v) is 4.87. The lowest BCUT2D eigenvalue weighted by Gasteiger charge is -2.09. The van der Waals surface area contributed by atoms with E-state index in [1.807, 2.05) is 44.2 Å². The van der Waals surface area contributed by atoms with Gasteiger partial charge in [-0.3, -0.25) is 4.98 Å². The van der Waals surface area contributed by atoms with Gasteiger partial charge in [-0.25, -0.2) is 13.1 Å². The predicted octanol–water partition coefficient (Wildman–Crippen LogP) is 2.61. The smallest absolute Gasteiger partial charge is 0.240 e. The normalized spacial score (nSPS) is 11.5. The van der Waals surface area contributed by atoms with Gasteiger partial charge in [-0.05, 0) is 50.5 Å². The Labute approximate surface area is 126 Å². The van der Waals surface area contributed by atoms with Crippen LogP contribution in [0.25, 0.3) is 0 Å². The maximum Gasteiger partial charge on any atom is 0.240 e. The van der Waals surface area contributed by atoms with Gasteiger partial charge in [0.25, 0.3) is 0 Å². The fourth-order valence-electron chi connectivity index (χ4n) is 2.20. The van der Waals surface area contributed by atoms with Gasteiger partial charge in [0.2, 0.25) is 10.0 Å². The molecule has 0 unspecified atom stereocenters. The highest BCUT2D eigenvalue weighted by molar-refractivity contribution is 7.89. The lowest BCUT2D eigenvalue weighted by atomic mass is 10.2. The van der Waals surface area contributed by atoms with E-state index < -0.39 is 10.0 Å². The first-order valence-corrected chi connectivity index (χ1v) is 8.44. The van der Waals surface area contributed by atoms with Crippen molar-refractivity contribution in [3.8, 4) is 0 Å². The molecule has 0 spiro atoms. The van der Waals surface area contributed by atoms with Crippen LogP contribution in [0.2, 0.25) is 0 Å². The molecule has 2 rings (SSSR count). The fraction of sp³-hybridized carbons (Fsp3) is 0.312. The minimum atomic E-state index is -3.43. The van der Waals surface area contributed by atoms with Crippen LogP contribution in [0, 0.1) is 13.8 Å². The van der Waals surface area contributed by atoms with Crippen molar-refractivity contribution >= 4 is 10.0 Å². The molecule has 0 radical (unpaired) electrons. The number of pyridine rings is 1. The number of nitrogens with one attached hydrogen (secondary N) is 1. The molecule has 0 aliphatic rings. The Morgan fingerprint density at radius 1 is 1.14 bits per heavy atom. The first kappa shape index (κ1) is 15.7. The Hall–Kier alpha value is -1.72. The summed E-state index contributed by atoms with van der Waals surface area (Å²) in [6.07, 6.45) is 3.23. The molecule has 1 heterocycles. The van der Waals surface area contributed by atoms with E-state index in [0.717, 1.165) is 29.7 Å². The Balaban J connectivity index is 1.92. The summed E-state index contributed by atoms with van der Waals surface area (Å²) in [5.41, 5.74) is 2.80. The van der Waals surface area contributed by atoms with E-state index in [-0.39, 0.29) is 0 Å². The third-order valence-electron chi connectivity index (χ3n) is 3.25. The molecule has 0 bridgehead atoms. The SMILES string of the molecule is Cc1ccc(S(=O)(=O)NCCCc2ccccn2)c(C)c1. The maximum absolute atomic E-state index is 12.2. The van der Waals surface area contributed by atoms with E-state index in [4.69, 9.17) is 0 Å². The maximum atomic E-state index is 12.2. The number of sulfonamides is 1. The Morgan fingerprint density at radius 3 is 2.62 bits per heavy atom. The second-order valence-corrected chi connectivity index (χ2v) is 6.83. The summed E-state index contributed by atoms with van der Waals surface area (Å²) >= 11 is 0. The van der Waals surface area contributed by atoms with Crippen molar-refractivity contribution in [2.24, 2.45) is 0 Å². The van der Waals surface area contributed by atoms with Gasteiger partial charge in [-0.1, -0.05) is 23.8 Å². The summed E-state index contributed by atoms with van der Waals surface area (Å²) in [5.74, 6) is 0. The molecular formula is C16H20N2O2S. The zero-order valence-corrected chi connectivity index (χ0v) is 13.2. The molecule has 5 heteroatoms. The van der Waals surface area contributed by atoms with Crippen LogP contribution < -0.4 is 4.72 Å². The first-order chi connectivity index (χ1) is 9.99. The van der Waals surface area contributed by atoms with Crippen molar-refractivity contribution in [1.82, 2.24) is 9.71 Å². The lowest BCUT2D eigenvalue weighted by Crippen LogP contribution is -2.25. The van der Waals surface area contributed by atoms with Crippen molar-refractivity contribution in [3.05, 3.63) is 59.4 Å². The van der Waals surface area contributed by atoms with Crippen LogP contribution >= 0.6 is 0 Å². The molecule has 0 aliphatic heterocycles. The number of nitrogens with zero attached hydrogens (tertiary/aromatic N) is 1. The molecular weight excluding hydrogens is 284 g/mol. The van der Waals surface area contributed by atoms with Crippen LogP contribution in [0.1, 0.15) is 23.2 Å². The highest BCUT2D eigenvalue weighted by Gasteiger charge is 2.15. The zero-order chi connectivity index (χ0) is 15.3. The van der Waals surface area contributed by atoms with Gasteiger partial charge in [-0.15, -0.1) is 0 Å². The van der Waals surface area contributed by atoms with E-state index in [1.54, 1.807) is 12.3 Å². The van der Waals surface area contributed by atoms with Crippen molar-refractivity contribution in [3.63, 3.8) is 0 Å². The molecule has 2 aromatic rings. The highest BCUT2D eigenvalue weighted by Crippen LogP contribution is 2.16. The molecule has 1 aromatic heterocycles. The van der Waals surface area contributed by atoms with Gasteiger partial charge in [0.15, 0.2) is 0 Å². The molecule has 0 atom stereocenters. The molecule has 0 saturated carbocycles. The highest BCUT2D eigenvalue weighted by atomic mass is 32.2. The summed E-state index contributed by atoms with van der Waals surface area (Å²) in [4.78, 5) is 4.57. The van der Waals surface area contributed by atoms with Crippen molar-refractivity contribution in [2.75, 3.05) is 6.54 Å². The number of aryl methyl sites for hydroxylation is 3. The summed E-state index contributed by atoms with van der Waals surface area (Å²) in [6.45, 7) is 4.17. The second kappa shape index (κ2) is 6.83. The van der Waals surface area contributed by atoms with Crippen LogP contribution in [0.5, 0.6) is 0 Å². The van der Waals surface area contributed by atoms with Crippen LogP contribution in [0.4, 0.5) is 0 Å². The molecule has 1 N–H and O–H groups in total. The van der Waals surface area contributed by atoms with E-state index >= 15 is 0 Å². The van der Waals surface area contributed by atoms with Gasteiger partial charge in [-0.2, -0.15) is 0 Å². The van der Waals surface area contributed by atoms with E-state index in [2.05, 4.69) is 9.71 Å². The standard InChI is InChI=1S/C16H20N2O2S/c1-13-8-9-16(14(2)12-13)21(19,20)18-11-5-7-15-6-3-4-10-17-15/h3-4,6,8-10,12,18H,5,7,11H2,1-2H3. The number of benzene rings is 1. The number of aromatic nitrogens is 1. The number of hydrogen-bond donors (Lipinski definition) is 1. The Bertz CT molecular complexity index is 697. The van der Waals surface area contributed by atoms with E-state index in [1.165, 1.54) is 0 Å². The van der Waals surface area contributed by atoms with Gasteiger partial charge in [0.1, 0.15) is 0 Å². The van der Waals surface area contributed by atoms with Crippen molar-refractivity contribution in [1.29, 1.82) is 0 Å². The lowest BCUT2D eigenvalue weighted by molar-refractivity contribution is 0.578. The van der Waals surface area contributed by atoms with Crippen LogP contribution in [0.15, 0.2) is 47.5 Å². The van der Waals surface area contributed by atoms with E-state index in [9.17, 15) is 8.42 Å². The molecule has 0 saturated heterocycles. The molecule has 21 heavy (non-hydrogen) atoms. The Kier molecular flexibility index (Phi) is 5.09. The third kappa shape index (κ3) is 4.37. The van der Waals surface area contributed by atoms with Crippen LogP contribution in [-0.4, -0.2) is 19.9 Å². The second-order valence-electron chi connectivity index (χ2n) is 5.09. The monoisotopic (exact) mass is 304 g/mol. The van der Waals surface area contributed by atoms with Crippen molar-refractivity contribution in [2.45, 2.75) is 31.6 Å². The minimum Gasteiger partial charge on any atom is -0.261 e. The topological polar surface area (TPSA) is 59.1 Å². The Morgan fingerprint density at radius 2 is 1.95 bits per heavy atom. The molecule has 0 amide bonds. The summed E-state index contributed by atoms with van der Waals surface area (Å²) in [5, 5.41) is 0. The van der Waals surface area contributed by atoms with Gasteiger partial charge in [0, 0.05) is 18.4 Å². The number of hydrogen-bond acceptors (Lipinski definition) is 3. The summed E-state index contributed by atoms with van der Waals surface area (Å²) in [6, 6.07) is 11.1. The van der Waals surface area contributed by atoms with Gasteiger partial charge in [0.05, 0.1) is 4.90 Å². The van der Waals surface area contributed by atoms with Gasteiger partial charge >= 0.3 is 0 Å².